The average molecular weight is 412 g/mol. The van der Waals surface area contributed by atoms with Crippen molar-refractivity contribution in [3.05, 3.63) is 35.4 Å². The lowest BCUT2D eigenvalue weighted by molar-refractivity contribution is -0.188. The number of benzene rings is 1. The second-order valence-corrected chi connectivity index (χ2v) is 7.81. The highest BCUT2D eigenvalue weighted by Crippen LogP contribution is 2.33. The molecule has 0 radical (unpaired) electrons. The normalized spacial score (nSPS) is 24.5. The van der Waals surface area contributed by atoms with E-state index in [1.165, 1.54) is 11.0 Å². The van der Waals surface area contributed by atoms with E-state index in [2.05, 4.69) is 0 Å². The third-order valence-corrected chi connectivity index (χ3v) is 5.84. The lowest BCUT2D eigenvalue weighted by Gasteiger charge is -2.38. The zero-order valence-electron chi connectivity index (χ0n) is 15.9. The van der Waals surface area contributed by atoms with Crippen molar-refractivity contribution in [2.75, 3.05) is 32.8 Å². The largest absolute Gasteiger partial charge is 0.416 e. The Bertz CT molecular complexity index is 782. The highest BCUT2D eigenvalue weighted by molar-refractivity contribution is 5.89. The summed E-state index contributed by atoms with van der Waals surface area (Å²) in [6.07, 6.45) is -3.13. The van der Waals surface area contributed by atoms with Crippen LogP contribution in [0.25, 0.3) is 0 Å². The third kappa shape index (κ3) is 4.25. The van der Waals surface area contributed by atoms with Crippen molar-refractivity contribution in [3.8, 4) is 0 Å². The fourth-order valence-electron chi connectivity index (χ4n) is 4.27. The van der Waals surface area contributed by atoms with Crippen molar-refractivity contribution in [3.63, 3.8) is 0 Å². The fourth-order valence-corrected chi connectivity index (χ4v) is 4.27. The predicted molar refractivity (Wildman–Crippen MR) is 95.4 cm³/mol. The molecule has 3 aliphatic heterocycles. The number of hydrogen-bond donors (Lipinski definition) is 0. The van der Waals surface area contributed by atoms with E-state index >= 15 is 0 Å². The van der Waals surface area contributed by atoms with Gasteiger partial charge in [0, 0.05) is 45.4 Å². The topological polar surface area (TPSA) is 59.1 Å². The van der Waals surface area contributed by atoms with Gasteiger partial charge in [-0.05, 0) is 17.7 Å². The first-order chi connectivity index (χ1) is 13.8. The minimum Gasteiger partial charge on any atom is -0.347 e. The minimum atomic E-state index is -4.43. The Balaban J connectivity index is 1.35. The molecule has 0 N–H and O–H groups in total. The molecule has 29 heavy (non-hydrogen) atoms. The first-order valence-electron chi connectivity index (χ1n) is 9.76. The highest BCUT2D eigenvalue weighted by atomic mass is 19.4. The summed E-state index contributed by atoms with van der Waals surface area (Å²) in [7, 11) is 0. The standard InChI is InChI=1S/C20H23F3N2O4/c21-20(22,23)16-3-1-2-14(10-16)12-25-13-15(11-17(25)26)18(27)24-6-4-19(5-7-24)28-8-9-29-19/h1-3,10,15H,4-9,11-13H2. The zero-order chi connectivity index (χ0) is 20.6. The van der Waals surface area contributed by atoms with Crippen LogP contribution < -0.4 is 0 Å². The molecule has 1 aromatic carbocycles. The first-order valence-corrected chi connectivity index (χ1v) is 9.76. The number of carbonyl (C=O) groups excluding carboxylic acids is 2. The molecule has 9 heteroatoms. The van der Waals surface area contributed by atoms with Gasteiger partial charge in [-0.2, -0.15) is 13.2 Å². The molecule has 3 aliphatic rings. The number of alkyl halides is 3. The van der Waals surface area contributed by atoms with E-state index in [9.17, 15) is 22.8 Å². The van der Waals surface area contributed by atoms with Crippen molar-refractivity contribution in [2.45, 2.75) is 37.8 Å². The van der Waals surface area contributed by atoms with Crippen molar-refractivity contribution < 1.29 is 32.2 Å². The fraction of sp³-hybridized carbons (Fsp3) is 0.600. The summed E-state index contributed by atoms with van der Waals surface area (Å²) in [5.74, 6) is -1.33. The summed E-state index contributed by atoms with van der Waals surface area (Å²) < 4.78 is 50.0. The van der Waals surface area contributed by atoms with Gasteiger partial charge in [-0.25, -0.2) is 0 Å². The molecular formula is C20H23F3N2O4. The van der Waals surface area contributed by atoms with Crippen molar-refractivity contribution in [1.29, 1.82) is 0 Å². The molecular weight excluding hydrogens is 389 g/mol. The van der Waals surface area contributed by atoms with Gasteiger partial charge in [0.05, 0.1) is 24.7 Å². The molecule has 1 atom stereocenters. The van der Waals surface area contributed by atoms with Gasteiger partial charge in [0.25, 0.3) is 0 Å². The Morgan fingerprint density at radius 3 is 2.52 bits per heavy atom. The molecule has 2 amide bonds. The Morgan fingerprint density at radius 1 is 1.17 bits per heavy atom. The van der Waals surface area contributed by atoms with Crippen LogP contribution in [0.2, 0.25) is 0 Å². The minimum absolute atomic E-state index is 0.0668. The van der Waals surface area contributed by atoms with Gasteiger partial charge in [-0.3, -0.25) is 9.59 Å². The molecule has 1 unspecified atom stereocenters. The molecule has 3 heterocycles. The number of nitrogens with zero attached hydrogens (tertiary/aromatic N) is 2. The summed E-state index contributed by atoms with van der Waals surface area (Å²) in [6.45, 7) is 2.44. The van der Waals surface area contributed by atoms with Crippen LogP contribution in [0.1, 0.15) is 30.4 Å². The van der Waals surface area contributed by atoms with Crippen LogP contribution >= 0.6 is 0 Å². The molecule has 3 saturated heterocycles. The van der Waals surface area contributed by atoms with E-state index < -0.39 is 23.4 Å². The van der Waals surface area contributed by atoms with E-state index in [0.717, 1.165) is 12.1 Å². The summed E-state index contributed by atoms with van der Waals surface area (Å²) in [5, 5.41) is 0. The number of carbonyl (C=O) groups is 2. The summed E-state index contributed by atoms with van der Waals surface area (Å²) >= 11 is 0. The Hall–Kier alpha value is -2.13. The van der Waals surface area contributed by atoms with E-state index in [1.54, 1.807) is 11.0 Å². The van der Waals surface area contributed by atoms with Gasteiger partial charge in [0.15, 0.2) is 5.79 Å². The number of rotatable bonds is 3. The Kier molecular flexibility index (Phi) is 5.29. The summed E-state index contributed by atoms with van der Waals surface area (Å²) in [6, 6.07) is 4.94. The van der Waals surface area contributed by atoms with Gasteiger partial charge < -0.3 is 19.3 Å². The lowest BCUT2D eigenvalue weighted by Crippen LogP contribution is -2.49. The SMILES string of the molecule is O=C1CC(C(=O)N2CCC3(CC2)OCCO3)CN1Cc1cccc(C(F)(F)F)c1. The van der Waals surface area contributed by atoms with Crippen LogP contribution in [0.3, 0.4) is 0 Å². The number of ether oxygens (including phenoxy) is 2. The van der Waals surface area contributed by atoms with Crippen molar-refractivity contribution >= 4 is 11.8 Å². The van der Waals surface area contributed by atoms with E-state index in [0.29, 0.717) is 44.7 Å². The van der Waals surface area contributed by atoms with Crippen LogP contribution in [-0.2, 0) is 31.8 Å². The Morgan fingerprint density at radius 2 is 1.86 bits per heavy atom. The maximum absolute atomic E-state index is 12.9. The van der Waals surface area contributed by atoms with Gasteiger partial charge in [0.1, 0.15) is 0 Å². The number of amides is 2. The van der Waals surface area contributed by atoms with E-state index in [-0.39, 0.29) is 31.3 Å². The van der Waals surface area contributed by atoms with Crippen LogP contribution in [0, 0.1) is 5.92 Å². The predicted octanol–water partition coefficient (Wildman–Crippen LogP) is 2.42. The number of likely N-dealkylation sites (tertiary alicyclic amines) is 2. The van der Waals surface area contributed by atoms with Crippen molar-refractivity contribution in [2.24, 2.45) is 5.92 Å². The van der Waals surface area contributed by atoms with Crippen LogP contribution in [-0.4, -0.2) is 60.2 Å². The molecule has 4 rings (SSSR count). The molecule has 158 valence electrons. The van der Waals surface area contributed by atoms with Gasteiger partial charge in [-0.15, -0.1) is 0 Å². The van der Waals surface area contributed by atoms with Gasteiger partial charge in [-0.1, -0.05) is 12.1 Å². The third-order valence-electron chi connectivity index (χ3n) is 5.84. The summed E-state index contributed by atoms with van der Waals surface area (Å²) in [4.78, 5) is 28.4. The van der Waals surface area contributed by atoms with Gasteiger partial charge >= 0.3 is 6.18 Å². The quantitative estimate of drug-likeness (QED) is 0.765. The van der Waals surface area contributed by atoms with E-state index in [1.807, 2.05) is 0 Å². The van der Waals surface area contributed by atoms with E-state index in [4.69, 9.17) is 9.47 Å². The molecule has 0 aromatic heterocycles. The van der Waals surface area contributed by atoms with Crippen molar-refractivity contribution in [1.82, 2.24) is 9.80 Å². The summed E-state index contributed by atoms with van der Waals surface area (Å²) in [5.41, 5.74) is -0.343. The number of piperidine rings is 1. The van der Waals surface area contributed by atoms with Gasteiger partial charge in [0.2, 0.25) is 11.8 Å². The second-order valence-electron chi connectivity index (χ2n) is 7.81. The second kappa shape index (κ2) is 7.60. The molecule has 0 bridgehead atoms. The lowest BCUT2D eigenvalue weighted by atomic mass is 10.0. The molecule has 1 aromatic rings. The molecule has 6 nitrogen and oxygen atoms in total. The molecule has 3 fully saturated rings. The number of halogens is 3. The molecule has 0 aliphatic carbocycles. The zero-order valence-corrected chi connectivity index (χ0v) is 15.9. The average Bonchev–Trinajstić information content (AvgIpc) is 3.29. The Labute approximate surface area is 166 Å². The highest BCUT2D eigenvalue weighted by Gasteiger charge is 2.43. The van der Waals surface area contributed by atoms with Crippen LogP contribution in [0.15, 0.2) is 24.3 Å². The smallest absolute Gasteiger partial charge is 0.347 e. The maximum Gasteiger partial charge on any atom is 0.416 e. The molecule has 0 saturated carbocycles. The van der Waals surface area contributed by atoms with Crippen LogP contribution in [0.5, 0.6) is 0 Å². The number of hydrogen-bond acceptors (Lipinski definition) is 4. The maximum atomic E-state index is 12.9. The van der Waals surface area contributed by atoms with Crippen LogP contribution in [0.4, 0.5) is 13.2 Å². The monoisotopic (exact) mass is 412 g/mol. The first kappa shape index (κ1) is 20.2. The molecule has 1 spiro atoms.